The summed E-state index contributed by atoms with van der Waals surface area (Å²) in [5.41, 5.74) is 22.0. The summed E-state index contributed by atoms with van der Waals surface area (Å²) in [6.45, 7) is 0.162. The number of benzene rings is 5. The molecule has 0 aliphatic carbocycles. The van der Waals surface area contributed by atoms with Crippen LogP contribution >= 0.6 is 0 Å². The maximum absolute atomic E-state index is 6.45. The lowest BCUT2D eigenvalue weighted by molar-refractivity contribution is 0.581. The number of anilines is 4. The molecule has 0 unspecified atom stereocenters. The van der Waals surface area contributed by atoms with Crippen molar-refractivity contribution in [2.24, 2.45) is 0 Å². The summed E-state index contributed by atoms with van der Waals surface area (Å²) in [5.74, 6) is 1.95. The Labute approximate surface area is 259 Å². The van der Waals surface area contributed by atoms with Crippen molar-refractivity contribution in [3.05, 3.63) is 116 Å². The molecular weight excluding hydrogens is 549 g/mol. The van der Waals surface area contributed by atoms with Crippen LogP contribution in [-0.2, 0) is 0 Å². The van der Waals surface area contributed by atoms with E-state index in [2.05, 4.69) is 113 Å². The van der Waals surface area contributed by atoms with Crippen molar-refractivity contribution in [3.8, 4) is 44.9 Å². The van der Waals surface area contributed by atoms with Crippen LogP contribution in [0.3, 0.4) is 0 Å². The van der Waals surface area contributed by atoms with Crippen molar-refractivity contribution in [1.29, 1.82) is 0 Å². The van der Waals surface area contributed by atoms with Gasteiger partial charge in [0.25, 0.3) is 6.71 Å². The third-order valence-electron chi connectivity index (χ3n) is 11.4. The summed E-state index contributed by atoms with van der Waals surface area (Å²) >= 11 is 0. The molecular formula is C38H19B3N2O2. The molecule has 8 heterocycles. The first kappa shape index (κ1) is 22.0. The van der Waals surface area contributed by atoms with Gasteiger partial charge in [-0.25, -0.2) is 0 Å². The van der Waals surface area contributed by atoms with E-state index in [1.54, 1.807) is 0 Å². The Morgan fingerprint density at radius 3 is 1.40 bits per heavy atom. The summed E-state index contributed by atoms with van der Waals surface area (Å²) in [5, 5.41) is 0. The van der Waals surface area contributed by atoms with Gasteiger partial charge in [-0.15, -0.1) is 0 Å². The SMILES string of the molecule is c1ccc2c(c1)B1c3ccoc3-c3cc4c5c6c3N1c1c(cccc1-2)B6c1cccc2c1N5B(c1ccccc1-2)c1ccoc1-4. The number of hydrogen-bond donors (Lipinski definition) is 0. The lowest BCUT2D eigenvalue weighted by atomic mass is 9.29. The van der Waals surface area contributed by atoms with Gasteiger partial charge in [0.15, 0.2) is 0 Å². The van der Waals surface area contributed by atoms with E-state index in [9.17, 15) is 0 Å². The van der Waals surface area contributed by atoms with E-state index in [1.165, 1.54) is 83.2 Å². The van der Waals surface area contributed by atoms with Crippen LogP contribution in [0.4, 0.5) is 22.7 Å². The van der Waals surface area contributed by atoms with Gasteiger partial charge in [0.05, 0.1) is 12.5 Å². The second kappa shape index (κ2) is 7.05. The van der Waals surface area contributed by atoms with E-state index in [1.807, 2.05) is 12.5 Å². The van der Waals surface area contributed by atoms with Crippen molar-refractivity contribution >= 4 is 81.4 Å². The molecule has 0 bridgehead atoms. The van der Waals surface area contributed by atoms with Gasteiger partial charge in [-0.1, -0.05) is 84.9 Å². The summed E-state index contributed by atoms with van der Waals surface area (Å²) in [7, 11) is 0. The van der Waals surface area contributed by atoms with Gasteiger partial charge in [0.1, 0.15) is 11.5 Å². The van der Waals surface area contributed by atoms with Gasteiger partial charge in [0, 0.05) is 45.0 Å². The Morgan fingerprint density at radius 2 is 0.867 bits per heavy atom. The van der Waals surface area contributed by atoms with Crippen molar-refractivity contribution in [2.75, 3.05) is 9.62 Å². The van der Waals surface area contributed by atoms with Gasteiger partial charge < -0.3 is 18.5 Å². The van der Waals surface area contributed by atoms with E-state index in [-0.39, 0.29) is 20.4 Å². The monoisotopic (exact) mass is 568 g/mol. The summed E-state index contributed by atoms with van der Waals surface area (Å²) < 4.78 is 12.9. The Bertz CT molecular complexity index is 2390. The number of para-hydroxylation sites is 2. The summed E-state index contributed by atoms with van der Waals surface area (Å²) in [4.78, 5) is 5.32. The van der Waals surface area contributed by atoms with Gasteiger partial charge in [0.2, 0.25) is 0 Å². The topological polar surface area (TPSA) is 32.8 Å². The van der Waals surface area contributed by atoms with Crippen LogP contribution in [0.1, 0.15) is 0 Å². The van der Waals surface area contributed by atoms with Crippen LogP contribution in [0.15, 0.2) is 124 Å². The average molecular weight is 568 g/mol. The fraction of sp³-hybridized carbons (Fsp3) is 0. The number of furan rings is 2. The third-order valence-corrected chi connectivity index (χ3v) is 11.4. The zero-order chi connectivity index (χ0) is 28.7. The fourth-order valence-electron chi connectivity index (χ4n) is 9.96. The lowest BCUT2D eigenvalue weighted by Gasteiger charge is -2.54. The molecule has 0 amide bonds. The highest BCUT2D eigenvalue weighted by atomic mass is 16.3. The van der Waals surface area contributed by atoms with Gasteiger partial charge in [-0.05, 0) is 67.6 Å². The second-order valence-electron chi connectivity index (χ2n) is 13.1. The molecule has 5 aromatic carbocycles. The molecule has 2 aromatic heterocycles. The maximum Gasteiger partial charge on any atom is 0.332 e. The molecule has 0 spiro atoms. The van der Waals surface area contributed by atoms with Crippen LogP contribution in [-0.4, -0.2) is 20.4 Å². The number of hydrogen-bond acceptors (Lipinski definition) is 4. The number of nitrogens with zero attached hydrogens (tertiary/aromatic N) is 2. The lowest BCUT2D eigenvalue weighted by Crippen LogP contribution is -2.72. The zero-order valence-corrected chi connectivity index (χ0v) is 23.9. The minimum Gasteiger partial charge on any atom is -0.465 e. The molecule has 0 fully saturated rings. The standard InChI is InChI=1S/C38H19B3N2O2/c1-3-11-26-20(7-1)22-9-5-13-28-33(22)42-35-24(37-30(40(26)42)15-17-44-37)19-25-36-32(35)39(28)29-14-6-10-23-21-8-2-4-12-27(21)41(43(36)34(23)29)31-16-18-45-38(25)31/h1-19H. The van der Waals surface area contributed by atoms with Gasteiger partial charge >= 0.3 is 13.7 Å². The largest absolute Gasteiger partial charge is 0.465 e. The summed E-state index contributed by atoms with van der Waals surface area (Å²) in [6.07, 6.45) is 3.75. The van der Waals surface area contributed by atoms with Gasteiger partial charge in [-0.2, -0.15) is 0 Å². The molecule has 0 saturated heterocycles. The smallest absolute Gasteiger partial charge is 0.332 e. The molecule has 0 radical (unpaired) electrons. The van der Waals surface area contributed by atoms with E-state index in [4.69, 9.17) is 8.83 Å². The first-order valence-corrected chi connectivity index (χ1v) is 15.8. The molecule has 6 aliphatic heterocycles. The highest BCUT2D eigenvalue weighted by molar-refractivity contribution is 7.05. The third kappa shape index (κ3) is 2.20. The molecule has 7 aromatic rings. The first-order chi connectivity index (χ1) is 22.4. The first-order valence-electron chi connectivity index (χ1n) is 15.8. The fourth-order valence-corrected chi connectivity index (χ4v) is 9.96. The Hall–Kier alpha value is -5.55. The van der Waals surface area contributed by atoms with Crippen LogP contribution in [0, 0.1) is 0 Å². The van der Waals surface area contributed by atoms with Gasteiger partial charge in [-0.3, -0.25) is 0 Å². The number of rotatable bonds is 0. The molecule has 0 saturated carbocycles. The van der Waals surface area contributed by atoms with Crippen LogP contribution in [0.2, 0.25) is 0 Å². The Morgan fingerprint density at radius 1 is 0.400 bits per heavy atom. The highest BCUT2D eigenvalue weighted by Crippen LogP contribution is 2.54. The predicted octanol–water partition coefficient (Wildman–Crippen LogP) is 3.83. The van der Waals surface area contributed by atoms with Crippen molar-refractivity contribution < 1.29 is 8.83 Å². The van der Waals surface area contributed by atoms with Crippen molar-refractivity contribution in [2.45, 2.75) is 0 Å². The van der Waals surface area contributed by atoms with E-state index in [0.29, 0.717) is 0 Å². The quantitative estimate of drug-likeness (QED) is 0.261. The molecule has 0 N–H and O–H groups in total. The zero-order valence-electron chi connectivity index (χ0n) is 23.9. The number of fused-ring (bicyclic) bond motifs is 14. The van der Waals surface area contributed by atoms with Crippen LogP contribution in [0.5, 0.6) is 0 Å². The van der Waals surface area contributed by atoms with Crippen molar-refractivity contribution in [3.63, 3.8) is 0 Å². The molecule has 6 aliphatic rings. The van der Waals surface area contributed by atoms with Crippen molar-refractivity contribution in [1.82, 2.24) is 0 Å². The van der Waals surface area contributed by atoms with Crippen LogP contribution < -0.4 is 47.9 Å². The average Bonchev–Trinajstić information content (AvgIpc) is 3.79. The molecule has 13 rings (SSSR count). The predicted molar refractivity (Wildman–Crippen MR) is 185 cm³/mol. The molecule has 4 nitrogen and oxygen atoms in total. The van der Waals surface area contributed by atoms with Crippen LogP contribution in [0.25, 0.3) is 44.9 Å². The van der Waals surface area contributed by atoms with E-state index in [0.717, 1.165) is 22.6 Å². The van der Waals surface area contributed by atoms with E-state index >= 15 is 0 Å². The summed E-state index contributed by atoms with van der Waals surface area (Å²) in [6, 6.07) is 38.6. The maximum atomic E-state index is 6.45. The molecule has 0 atom stereocenters. The molecule has 202 valence electrons. The highest BCUT2D eigenvalue weighted by Gasteiger charge is 2.56. The molecule has 45 heavy (non-hydrogen) atoms. The normalized spacial score (nSPS) is 15.3. The Balaban J connectivity index is 1.28. The molecule has 7 heteroatoms. The van der Waals surface area contributed by atoms with E-state index < -0.39 is 0 Å². The Kier molecular flexibility index (Phi) is 3.45. The minimum absolute atomic E-state index is 0.0414. The minimum atomic E-state index is 0.0414. The second-order valence-corrected chi connectivity index (χ2v) is 13.1.